The Morgan fingerprint density at radius 2 is 2.36 bits per heavy atom. The van der Waals surface area contributed by atoms with Gasteiger partial charge in [0, 0.05) is 18.6 Å². The summed E-state index contributed by atoms with van der Waals surface area (Å²) in [4.78, 5) is 5.31. The molecule has 0 amide bonds. The number of rotatable bonds is 0. The molecule has 0 aliphatic rings. The summed E-state index contributed by atoms with van der Waals surface area (Å²) in [5.74, 6) is 0.588. The van der Waals surface area contributed by atoms with E-state index in [9.17, 15) is 0 Å². The summed E-state index contributed by atoms with van der Waals surface area (Å²) < 4.78 is 2.84. The molecular formula is C9H8N4S. The van der Waals surface area contributed by atoms with E-state index in [1.54, 1.807) is 17.5 Å². The van der Waals surface area contributed by atoms with Gasteiger partial charge in [-0.2, -0.15) is 5.10 Å². The van der Waals surface area contributed by atoms with Crippen LogP contribution in [-0.4, -0.2) is 14.8 Å². The van der Waals surface area contributed by atoms with Crippen molar-refractivity contribution < 1.29 is 0 Å². The fourth-order valence-corrected chi connectivity index (χ4v) is 2.74. The number of anilines is 1. The Morgan fingerprint density at radius 3 is 3.21 bits per heavy atom. The van der Waals surface area contributed by atoms with Crippen LogP contribution in [0.1, 0.15) is 0 Å². The Labute approximate surface area is 84.0 Å². The van der Waals surface area contributed by atoms with Crippen molar-refractivity contribution in [3.8, 4) is 0 Å². The van der Waals surface area contributed by atoms with Crippen LogP contribution in [-0.2, 0) is 7.05 Å². The Balaban J connectivity index is 2.65. The van der Waals surface area contributed by atoms with Crippen molar-refractivity contribution in [1.29, 1.82) is 0 Å². The Kier molecular flexibility index (Phi) is 1.36. The molecule has 0 radical (unpaired) electrons. The zero-order valence-electron chi connectivity index (χ0n) is 7.56. The van der Waals surface area contributed by atoms with Crippen LogP contribution in [0.25, 0.3) is 20.4 Å². The third kappa shape index (κ3) is 0.820. The number of nitrogens with zero attached hydrogens (tertiary/aromatic N) is 3. The van der Waals surface area contributed by atoms with Crippen molar-refractivity contribution in [2.75, 3.05) is 5.73 Å². The Hall–Kier alpha value is -1.62. The molecule has 0 saturated carbocycles. The first-order chi connectivity index (χ1) is 6.77. The molecule has 0 aromatic carbocycles. The molecule has 2 N–H and O–H groups in total. The van der Waals surface area contributed by atoms with E-state index in [0.29, 0.717) is 5.82 Å². The molecule has 0 saturated heterocycles. The molecule has 70 valence electrons. The van der Waals surface area contributed by atoms with Gasteiger partial charge in [0.1, 0.15) is 4.83 Å². The number of fused-ring (bicyclic) bond motifs is 3. The molecule has 3 heterocycles. The summed E-state index contributed by atoms with van der Waals surface area (Å²) in [6.07, 6.45) is 1.79. The summed E-state index contributed by atoms with van der Waals surface area (Å²) in [7, 11) is 1.90. The lowest BCUT2D eigenvalue weighted by molar-refractivity contribution is 0.804. The number of thiophene rings is 1. The van der Waals surface area contributed by atoms with Gasteiger partial charge in [0.25, 0.3) is 0 Å². The summed E-state index contributed by atoms with van der Waals surface area (Å²) in [5, 5.41) is 5.30. The largest absolute Gasteiger partial charge is 0.381 e. The fraction of sp³-hybridized carbons (Fsp3) is 0.111. The predicted molar refractivity (Wildman–Crippen MR) is 58.3 cm³/mol. The van der Waals surface area contributed by atoms with Gasteiger partial charge >= 0.3 is 0 Å². The van der Waals surface area contributed by atoms with E-state index in [2.05, 4.69) is 10.1 Å². The molecule has 0 unspecified atom stereocenters. The Morgan fingerprint density at radius 1 is 1.50 bits per heavy atom. The number of nitrogens with two attached hydrogens (primary N) is 1. The molecule has 5 heteroatoms. The first kappa shape index (κ1) is 7.75. The highest BCUT2D eigenvalue weighted by Crippen LogP contribution is 2.34. The van der Waals surface area contributed by atoms with Gasteiger partial charge in [-0.25, -0.2) is 4.98 Å². The molecule has 4 nitrogen and oxygen atoms in total. The van der Waals surface area contributed by atoms with Crippen molar-refractivity contribution in [2.24, 2.45) is 7.05 Å². The predicted octanol–water partition coefficient (Wildman–Crippen LogP) is 1.77. The number of pyridine rings is 1. The third-order valence-corrected chi connectivity index (χ3v) is 3.38. The van der Waals surface area contributed by atoms with Gasteiger partial charge in [-0.1, -0.05) is 0 Å². The zero-order valence-corrected chi connectivity index (χ0v) is 8.38. The molecule has 0 atom stereocenters. The van der Waals surface area contributed by atoms with E-state index < -0.39 is 0 Å². The molecule has 3 aromatic rings. The second-order valence-corrected chi connectivity index (χ2v) is 4.14. The normalized spacial score (nSPS) is 11.5. The standard InChI is InChI=1S/C9H8N4S/c1-13-6-5-3-2-4-11-9(5)14-7(6)8(10)12-13/h2-4H,1H3,(H2,10,12). The maximum absolute atomic E-state index is 5.79. The van der Waals surface area contributed by atoms with Crippen molar-refractivity contribution in [1.82, 2.24) is 14.8 Å². The highest BCUT2D eigenvalue weighted by atomic mass is 32.1. The first-order valence-corrected chi connectivity index (χ1v) is 5.04. The maximum atomic E-state index is 5.79. The van der Waals surface area contributed by atoms with Gasteiger partial charge in [-0.3, -0.25) is 4.68 Å². The number of hydrogen-bond donors (Lipinski definition) is 1. The molecule has 0 aliphatic carbocycles. The van der Waals surface area contributed by atoms with E-state index >= 15 is 0 Å². The van der Waals surface area contributed by atoms with Gasteiger partial charge in [0.2, 0.25) is 0 Å². The fourth-order valence-electron chi connectivity index (χ4n) is 1.67. The van der Waals surface area contributed by atoms with Gasteiger partial charge in [-0.15, -0.1) is 11.3 Å². The van der Waals surface area contributed by atoms with Gasteiger partial charge < -0.3 is 5.73 Å². The molecule has 0 bridgehead atoms. The highest BCUT2D eigenvalue weighted by molar-refractivity contribution is 7.25. The van der Waals surface area contributed by atoms with Crippen LogP contribution < -0.4 is 5.73 Å². The van der Waals surface area contributed by atoms with Crippen LogP contribution in [0.15, 0.2) is 18.3 Å². The van der Waals surface area contributed by atoms with Crippen LogP contribution in [0.3, 0.4) is 0 Å². The number of hydrogen-bond acceptors (Lipinski definition) is 4. The van der Waals surface area contributed by atoms with Gasteiger partial charge in [0.05, 0.1) is 10.2 Å². The lowest BCUT2D eigenvalue weighted by Crippen LogP contribution is -1.92. The van der Waals surface area contributed by atoms with Crippen molar-refractivity contribution in [2.45, 2.75) is 0 Å². The molecular weight excluding hydrogens is 196 g/mol. The Bertz CT molecular complexity index is 622. The topological polar surface area (TPSA) is 56.7 Å². The zero-order chi connectivity index (χ0) is 9.71. The van der Waals surface area contributed by atoms with Crippen LogP contribution in [0.5, 0.6) is 0 Å². The minimum Gasteiger partial charge on any atom is -0.381 e. The van der Waals surface area contributed by atoms with Crippen LogP contribution in [0.4, 0.5) is 5.82 Å². The lowest BCUT2D eigenvalue weighted by Gasteiger charge is -1.91. The van der Waals surface area contributed by atoms with Crippen molar-refractivity contribution in [3.63, 3.8) is 0 Å². The first-order valence-electron chi connectivity index (χ1n) is 4.23. The number of aryl methyl sites for hydroxylation is 1. The molecule has 3 aromatic heterocycles. The van der Waals surface area contributed by atoms with E-state index in [1.165, 1.54) is 0 Å². The molecule has 3 rings (SSSR count). The molecule has 14 heavy (non-hydrogen) atoms. The minimum absolute atomic E-state index is 0.588. The molecule has 0 spiro atoms. The monoisotopic (exact) mass is 204 g/mol. The lowest BCUT2D eigenvalue weighted by atomic mass is 10.3. The molecule has 0 fully saturated rings. The highest BCUT2D eigenvalue weighted by Gasteiger charge is 2.12. The number of aromatic nitrogens is 3. The van der Waals surface area contributed by atoms with E-state index in [1.807, 2.05) is 23.9 Å². The summed E-state index contributed by atoms with van der Waals surface area (Å²) >= 11 is 1.59. The summed E-state index contributed by atoms with van der Waals surface area (Å²) in [5.41, 5.74) is 6.87. The second kappa shape index (κ2) is 2.45. The average Bonchev–Trinajstić information content (AvgIpc) is 2.66. The van der Waals surface area contributed by atoms with Gasteiger partial charge in [-0.05, 0) is 12.1 Å². The van der Waals surface area contributed by atoms with Crippen LogP contribution in [0.2, 0.25) is 0 Å². The third-order valence-electron chi connectivity index (χ3n) is 2.25. The van der Waals surface area contributed by atoms with Crippen molar-refractivity contribution in [3.05, 3.63) is 18.3 Å². The van der Waals surface area contributed by atoms with E-state index in [0.717, 1.165) is 20.4 Å². The second-order valence-electron chi connectivity index (χ2n) is 3.14. The molecule has 0 aliphatic heterocycles. The number of nitrogen functional groups attached to an aromatic ring is 1. The van der Waals surface area contributed by atoms with Gasteiger partial charge in [0.15, 0.2) is 5.82 Å². The summed E-state index contributed by atoms with van der Waals surface area (Å²) in [6, 6.07) is 3.97. The van der Waals surface area contributed by atoms with Crippen LogP contribution >= 0.6 is 11.3 Å². The smallest absolute Gasteiger partial charge is 0.163 e. The summed E-state index contributed by atoms with van der Waals surface area (Å²) in [6.45, 7) is 0. The average molecular weight is 204 g/mol. The quantitative estimate of drug-likeness (QED) is 0.607. The minimum atomic E-state index is 0.588. The SMILES string of the molecule is Cn1nc(N)c2sc3ncccc3c21. The van der Waals surface area contributed by atoms with Crippen LogP contribution in [0, 0.1) is 0 Å². The maximum Gasteiger partial charge on any atom is 0.163 e. The van der Waals surface area contributed by atoms with E-state index in [-0.39, 0.29) is 0 Å². The van der Waals surface area contributed by atoms with E-state index in [4.69, 9.17) is 5.73 Å². The van der Waals surface area contributed by atoms with Crippen molar-refractivity contribution >= 4 is 37.6 Å².